The number of aromatic nitrogens is 1. The third-order valence-electron chi connectivity index (χ3n) is 8.08. The molecule has 2 unspecified atom stereocenters. The van der Waals surface area contributed by atoms with E-state index in [0.717, 1.165) is 46.7 Å². The van der Waals surface area contributed by atoms with E-state index < -0.39 is 0 Å². The lowest BCUT2D eigenvalue weighted by molar-refractivity contribution is 0.400. The van der Waals surface area contributed by atoms with Gasteiger partial charge in [-0.05, 0) is 76.2 Å². The molecule has 0 spiro atoms. The highest BCUT2D eigenvalue weighted by atomic mass is 16.3. The van der Waals surface area contributed by atoms with Crippen LogP contribution in [0.4, 0.5) is 5.69 Å². The van der Waals surface area contributed by atoms with Crippen molar-refractivity contribution in [3.8, 4) is 11.1 Å². The van der Waals surface area contributed by atoms with Crippen LogP contribution in [0, 0.1) is 0 Å². The van der Waals surface area contributed by atoms with Gasteiger partial charge >= 0.3 is 0 Å². The summed E-state index contributed by atoms with van der Waals surface area (Å²) in [5.74, 6) is 1.95. The molecule has 0 fully saturated rings. The monoisotopic (exact) mass is 491 g/mol. The Morgan fingerprint density at radius 3 is 2.50 bits per heavy atom. The lowest BCUT2D eigenvalue weighted by Gasteiger charge is -2.31. The van der Waals surface area contributed by atoms with E-state index in [-0.39, 0.29) is 12.0 Å². The van der Waals surface area contributed by atoms with Crippen LogP contribution >= 0.6 is 0 Å². The van der Waals surface area contributed by atoms with Gasteiger partial charge in [0.05, 0.1) is 6.04 Å². The fraction of sp³-hybridized carbons (Fsp3) is 0.118. The molecule has 1 N–H and O–H groups in total. The Bertz CT molecular complexity index is 1870. The van der Waals surface area contributed by atoms with Crippen LogP contribution in [0.1, 0.15) is 40.8 Å². The molecular formula is C34H25N3O. The maximum absolute atomic E-state index is 6.55. The number of hydrogen-bond donors (Lipinski definition) is 1. The molecule has 8 rings (SSSR count). The van der Waals surface area contributed by atoms with E-state index in [1.54, 1.807) is 6.20 Å². The Morgan fingerprint density at radius 2 is 1.61 bits per heavy atom. The third-order valence-corrected chi connectivity index (χ3v) is 8.08. The van der Waals surface area contributed by atoms with Gasteiger partial charge in [0.15, 0.2) is 5.76 Å². The molecule has 0 amide bonds. The van der Waals surface area contributed by atoms with Crippen molar-refractivity contribution in [3.63, 3.8) is 0 Å². The number of nitrogens with one attached hydrogen (secondary N) is 1. The maximum Gasteiger partial charge on any atom is 0.153 e. The molecule has 4 nitrogen and oxygen atoms in total. The molecule has 0 bridgehead atoms. The van der Waals surface area contributed by atoms with Crippen LogP contribution in [0.15, 0.2) is 119 Å². The molecule has 1 aliphatic heterocycles. The Morgan fingerprint density at radius 1 is 0.789 bits per heavy atom. The van der Waals surface area contributed by atoms with Crippen molar-refractivity contribution in [1.29, 1.82) is 0 Å². The Hall–Kier alpha value is -4.70. The van der Waals surface area contributed by atoms with Crippen molar-refractivity contribution in [2.75, 3.05) is 0 Å². The van der Waals surface area contributed by atoms with Crippen molar-refractivity contribution in [2.24, 2.45) is 4.99 Å². The number of para-hydroxylation sites is 1. The molecule has 182 valence electrons. The first-order valence-electron chi connectivity index (χ1n) is 13.2. The van der Waals surface area contributed by atoms with Crippen LogP contribution in [-0.4, -0.2) is 10.8 Å². The minimum absolute atomic E-state index is 0.0602. The predicted molar refractivity (Wildman–Crippen MR) is 153 cm³/mol. The van der Waals surface area contributed by atoms with E-state index in [1.165, 1.54) is 33.0 Å². The van der Waals surface area contributed by atoms with Gasteiger partial charge in [0.25, 0.3) is 0 Å². The number of amidine groups is 1. The van der Waals surface area contributed by atoms with Gasteiger partial charge in [0.2, 0.25) is 0 Å². The molecule has 2 atom stereocenters. The van der Waals surface area contributed by atoms with E-state index in [1.807, 2.05) is 24.4 Å². The molecule has 4 heteroatoms. The molecule has 0 saturated heterocycles. The summed E-state index contributed by atoms with van der Waals surface area (Å²) in [7, 11) is 0. The Labute approximate surface area is 220 Å². The van der Waals surface area contributed by atoms with Crippen LogP contribution in [0.25, 0.3) is 32.9 Å². The van der Waals surface area contributed by atoms with Crippen LogP contribution in [-0.2, 0) is 6.42 Å². The summed E-state index contributed by atoms with van der Waals surface area (Å²) in [4.78, 5) is 9.44. The summed E-state index contributed by atoms with van der Waals surface area (Å²) in [6.07, 6.45) is 5.66. The van der Waals surface area contributed by atoms with E-state index in [9.17, 15) is 0 Å². The molecule has 38 heavy (non-hydrogen) atoms. The molecular weight excluding hydrogens is 466 g/mol. The molecule has 4 aromatic carbocycles. The zero-order chi connectivity index (χ0) is 25.1. The first-order valence-corrected chi connectivity index (χ1v) is 13.2. The summed E-state index contributed by atoms with van der Waals surface area (Å²) >= 11 is 0. The van der Waals surface area contributed by atoms with Crippen molar-refractivity contribution < 1.29 is 4.42 Å². The lowest BCUT2D eigenvalue weighted by atomic mass is 9.83. The van der Waals surface area contributed by atoms with Gasteiger partial charge in [-0.25, -0.2) is 4.99 Å². The summed E-state index contributed by atoms with van der Waals surface area (Å²) in [6.45, 7) is 0. The minimum Gasteiger partial charge on any atom is -0.456 e. The minimum atomic E-state index is -0.0602. The standard InChI is InChI=1S/C34H25N3O/c1-2-9-22-19-29-23(18-21(22)8-1)15-16-27(25-11-3-4-12-26(25)29)31-33-32(28-13-5-6-14-30(28)38-33)37-34(36-31)24-10-7-17-35-20-24/h1-14,17-20,27,31H,15-16H2,(H,36,37). The highest BCUT2D eigenvalue weighted by Gasteiger charge is 2.37. The van der Waals surface area contributed by atoms with Crippen LogP contribution in [0.2, 0.25) is 0 Å². The molecule has 0 saturated carbocycles. The lowest BCUT2D eigenvalue weighted by Crippen LogP contribution is -2.35. The highest BCUT2D eigenvalue weighted by Crippen LogP contribution is 2.49. The predicted octanol–water partition coefficient (Wildman–Crippen LogP) is 8.10. The third kappa shape index (κ3) is 3.30. The summed E-state index contributed by atoms with van der Waals surface area (Å²) < 4.78 is 6.55. The number of hydrogen-bond acceptors (Lipinski definition) is 4. The molecule has 1 aliphatic carbocycles. The normalized spacial score (nSPS) is 18.2. The van der Waals surface area contributed by atoms with Gasteiger partial charge < -0.3 is 9.73 Å². The molecule has 0 radical (unpaired) electrons. The molecule has 2 aromatic heterocycles. The quantitative estimate of drug-likeness (QED) is 0.266. The van der Waals surface area contributed by atoms with E-state index >= 15 is 0 Å². The van der Waals surface area contributed by atoms with Gasteiger partial charge in [-0.2, -0.15) is 0 Å². The first-order chi connectivity index (χ1) is 18.8. The number of nitrogens with zero attached hydrogens (tertiary/aromatic N) is 2. The number of benzene rings is 4. The summed E-state index contributed by atoms with van der Waals surface area (Å²) in [5.41, 5.74) is 8.16. The SMILES string of the molecule is c1cncc(C2=Nc3c(oc4ccccc34)C(C3CCc4cc5ccccc5cc4-c4ccccc43)N2)c1. The average Bonchev–Trinajstić information content (AvgIpc) is 3.28. The number of aliphatic imine (C=N–C) groups is 1. The van der Waals surface area contributed by atoms with Crippen molar-refractivity contribution in [2.45, 2.75) is 24.8 Å². The fourth-order valence-electron chi connectivity index (χ4n) is 6.29. The van der Waals surface area contributed by atoms with Gasteiger partial charge in [0.1, 0.15) is 17.1 Å². The molecule has 2 aliphatic rings. The summed E-state index contributed by atoms with van der Waals surface area (Å²) in [5, 5.41) is 7.42. The largest absolute Gasteiger partial charge is 0.456 e. The zero-order valence-corrected chi connectivity index (χ0v) is 20.8. The van der Waals surface area contributed by atoms with Gasteiger partial charge in [-0.15, -0.1) is 0 Å². The van der Waals surface area contributed by atoms with E-state index in [4.69, 9.17) is 9.41 Å². The highest BCUT2D eigenvalue weighted by molar-refractivity contribution is 6.05. The van der Waals surface area contributed by atoms with Crippen molar-refractivity contribution in [1.82, 2.24) is 10.3 Å². The number of fused-ring (bicyclic) bond motifs is 7. The second-order valence-corrected chi connectivity index (χ2v) is 10.2. The van der Waals surface area contributed by atoms with Crippen molar-refractivity contribution >= 4 is 33.3 Å². The number of furan rings is 1. The van der Waals surface area contributed by atoms with Crippen LogP contribution in [0.3, 0.4) is 0 Å². The van der Waals surface area contributed by atoms with E-state index in [2.05, 4.69) is 89.2 Å². The first kappa shape index (κ1) is 21.4. The number of aryl methyl sites for hydroxylation is 1. The Balaban J connectivity index is 1.32. The summed E-state index contributed by atoms with van der Waals surface area (Å²) in [6, 6.07) is 34.5. The maximum atomic E-state index is 6.55. The fourth-order valence-corrected chi connectivity index (χ4v) is 6.29. The van der Waals surface area contributed by atoms with Crippen LogP contribution in [0.5, 0.6) is 0 Å². The topological polar surface area (TPSA) is 50.4 Å². The smallest absolute Gasteiger partial charge is 0.153 e. The zero-order valence-electron chi connectivity index (χ0n) is 20.8. The van der Waals surface area contributed by atoms with Crippen LogP contribution < -0.4 is 5.32 Å². The number of pyridine rings is 1. The van der Waals surface area contributed by atoms with Gasteiger partial charge in [-0.1, -0.05) is 66.7 Å². The molecule has 6 aromatic rings. The van der Waals surface area contributed by atoms with Gasteiger partial charge in [-0.3, -0.25) is 4.98 Å². The van der Waals surface area contributed by atoms with E-state index in [0.29, 0.717) is 0 Å². The second kappa shape index (κ2) is 8.42. The van der Waals surface area contributed by atoms with Gasteiger partial charge in [0, 0.05) is 29.3 Å². The Kier molecular flexibility index (Phi) is 4.74. The second-order valence-electron chi connectivity index (χ2n) is 10.2. The average molecular weight is 492 g/mol. The number of rotatable bonds is 2. The molecule has 3 heterocycles. The van der Waals surface area contributed by atoms with Crippen molar-refractivity contribution in [3.05, 3.63) is 132 Å².